The minimum atomic E-state index is 0.746. The molecule has 2 rings (SSSR count). The lowest BCUT2D eigenvalue weighted by Crippen LogP contribution is -2.39. The summed E-state index contributed by atoms with van der Waals surface area (Å²) in [5.41, 5.74) is 2.21. The highest BCUT2D eigenvalue weighted by Crippen LogP contribution is 2.15. The third-order valence-electron chi connectivity index (χ3n) is 3.27. The van der Waals surface area contributed by atoms with Crippen LogP contribution in [0.5, 0.6) is 0 Å². The van der Waals surface area contributed by atoms with E-state index >= 15 is 0 Å². The molecule has 2 aromatic rings. The first-order chi connectivity index (χ1) is 10.6. The van der Waals surface area contributed by atoms with Gasteiger partial charge in [0.1, 0.15) is 0 Å². The Labute approximate surface area is 140 Å². The lowest BCUT2D eigenvalue weighted by atomic mass is 10.1. The van der Waals surface area contributed by atoms with Crippen LogP contribution >= 0.6 is 22.9 Å². The molecular weight excluding hydrogens is 316 g/mol. The number of aliphatic imine (C=N–C) groups is 1. The number of hydrogen-bond acceptors (Lipinski definition) is 3. The van der Waals surface area contributed by atoms with Crippen molar-refractivity contribution in [3.63, 3.8) is 0 Å². The number of aryl methyl sites for hydroxylation is 1. The molecule has 0 fully saturated rings. The molecule has 1 aromatic carbocycles. The summed E-state index contributed by atoms with van der Waals surface area (Å²) in [4.78, 5) is 10.9. The number of hydrogen-bond donors (Lipinski definition) is 1. The van der Waals surface area contributed by atoms with Gasteiger partial charge < -0.3 is 10.2 Å². The fourth-order valence-corrected chi connectivity index (χ4v) is 3.03. The topological polar surface area (TPSA) is 40.5 Å². The highest BCUT2D eigenvalue weighted by molar-refractivity contribution is 7.09. The molecule has 0 aliphatic heterocycles. The van der Waals surface area contributed by atoms with E-state index in [1.807, 2.05) is 32.2 Å². The quantitative estimate of drug-likeness (QED) is 0.672. The van der Waals surface area contributed by atoms with Crippen molar-refractivity contribution in [1.82, 2.24) is 15.2 Å². The maximum Gasteiger partial charge on any atom is 0.193 e. The molecule has 0 bridgehead atoms. The average Bonchev–Trinajstić information content (AvgIpc) is 2.90. The molecule has 1 heterocycles. The first-order valence-corrected chi connectivity index (χ1v) is 8.42. The van der Waals surface area contributed by atoms with Crippen molar-refractivity contribution in [2.45, 2.75) is 19.9 Å². The van der Waals surface area contributed by atoms with Gasteiger partial charge in [0.15, 0.2) is 5.96 Å². The lowest BCUT2D eigenvalue weighted by Gasteiger charge is -2.21. The third-order valence-corrected chi connectivity index (χ3v) is 4.47. The average molecular weight is 337 g/mol. The number of nitrogens with one attached hydrogen (secondary N) is 1. The molecule has 0 radical (unpaired) electrons. The highest BCUT2D eigenvalue weighted by atomic mass is 35.5. The third kappa shape index (κ3) is 4.71. The standard InChI is InChI=1S/C16H21ClN4S/c1-12-20-14(11-22-12)10-21(3)16(18-2)19-9-8-13-6-4-5-7-15(13)17/h4-7,11H,8-10H2,1-3H3,(H,18,19). The Kier molecular flexibility index (Phi) is 6.21. The lowest BCUT2D eigenvalue weighted by molar-refractivity contribution is 0.471. The van der Waals surface area contributed by atoms with Gasteiger partial charge in [-0.1, -0.05) is 29.8 Å². The molecule has 0 aliphatic carbocycles. The second-order valence-corrected chi connectivity index (χ2v) is 6.50. The number of thiazole rings is 1. The van der Waals surface area contributed by atoms with E-state index in [1.54, 1.807) is 18.4 Å². The Balaban J connectivity index is 1.85. The molecule has 1 N–H and O–H groups in total. The molecular formula is C16H21ClN4S. The summed E-state index contributed by atoms with van der Waals surface area (Å²) in [5.74, 6) is 0.859. The van der Waals surface area contributed by atoms with Gasteiger partial charge in [-0.3, -0.25) is 4.99 Å². The maximum atomic E-state index is 6.17. The van der Waals surface area contributed by atoms with Crippen molar-refractivity contribution in [3.8, 4) is 0 Å². The zero-order valence-electron chi connectivity index (χ0n) is 13.1. The van der Waals surface area contributed by atoms with Gasteiger partial charge in [0.2, 0.25) is 0 Å². The van der Waals surface area contributed by atoms with Gasteiger partial charge in [0.05, 0.1) is 17.2 Å². The van der Waals surface area contributed by atoms with Crippen molar-refractivity contribution < 1.29 is 0 Å². The monoisotopic (exact) mass is 336 g/mol. The van der Waals surface area contributed by atoms with Crippen molar-refractivity contribution in [2.75, 3.05) is 20.6 Å². The Bertz CT molecular complexity index is 639. The number of benzene rings is 1. The molecule has 6 heteroatoms. The van der Waals surface area contributed by atoms with Crippen LogP contribution in [0.15, 0.2) is 34.6 Å². The van der Waals surface area contributed by atoms with Gasteiger partial charge in [-0.15, -0.1) is 11.3 Å². The fourth-order valence-electron chi connectivity index (χ4n) is 2.19. The van der Waals surface area contributed by atoms with Crippen LogP contribution in [0.2, 0.25) is 5.02 Å². The molecule has 118 valence electrons. The van der Waals surface area contributed by atoms with Crippen LogP contribution in [0, 0.1) is 6.92 Å². The second kappa shape index (κ2) is 8.15. The zero-order chi connectivity index (χ0) is 15.9. The van der Waals surface area contributed by atoms with Crippen LogP contribution in [0.25, 0.3) is 0 Å². The summed E-state index contributed by atoms with van der Waals surface area (Å²) in [6.07, 6.45) is 0.863. The molecule has 0 atom stereocenters. The highest BCUT2D eigenvalue weighted by Gasteiger charge is 2.08. The molecule has 0 amide bonds. The summed E-state index contributed by atoms with van der Waals surface area (Å²) in [6.45, 7) is 3.55. The molecule has 0 saturated carbocycles. The second-order valence-electron chi connectivity index (χ2n) is 5.03. The van der Waals surface area contributed by atoms with E-state index in [1.165, 1.54) is 0 Å². The SMILES string of the molecule is CN=C(NCCc1ccccc1Cl)N(C)Cc1csc(C)n1. The van der Waals surface area contributed by atoms with E-state index < -0.39 is 0 Å². The molecule has 1 aromatic heterocycles. The van der Waals surface area contributed by atoms with Gasteiger partial charge in [-0.2, -0.15) is 0 Å². The summed E-state index contributed by atoms with van der Waals surface area (Å²) in [6, 6.07) is 7.92. The van der Waals surface area contributed by atoms with Crippen LogP contribution in [-0.2, 0) is 13.0 Å². The largest absolute Gasteiger partial charge is 0.356 e. The van der Waals surface area contributed by atoms with Crippen LogP contribution in [0.1, 0.15) is 16.3 Å². The summed E-state index contributed by atoms with van der Waals surface area (Å²) in [7, 11) is 3.81. The van der Waals surface area contributed by atoms with Crippen LogP contribution in [0.3, 0.4) is 0 Å². The van der Waals surface area contributed by atoms with Crippen LogP contribution in [0.4, 0.5) is 0 Å². The molecule has 4 nitrogen and oxygen atoms in total. The van der Waals surface area contributed by atoms with E-state index in [-0.39, 0.29) is 0 Å². The summed E-state index contributed by atoms with van der Waals surface area (Å²) < 4.78 is 0. The summed E-state index contributed by atoms with van der Waals surface area (Å²) in [5, 5.41) is 7.35. The Morgan fingerprint density at radius 3 is 2.82 bits per heavy atom. The van der Waals surface area contributed by atoms with Crippen molar-refractivity contribution in [2.24, 2.45) is 4.99 Å². The van der Waals surface area contributed by atoms with Crippen molar-refractivity contribution >= 4 is 28.9 Å². The van der Waals surface area contributed by atoms with Gasteiger partial charge in [-0.05, 0) is 25.0 Å². The molecule has 0 unspecified atom stereocenters. The van der Waals surface area contributed by atoms with E-state index in [9.17, 15) is 0 Å². The van der Waals surface area contributed by atoms with Gasteiger partial charge in [0, 0.05) is 31.0 Å². The normalized spacial score (nSPS) is 11.5. The maximum absolute atomic E-state index is 6.17. The van der Waals surface area contributed by atoms with Gasteiger partial charge in [0.25, 0.3) is 0 Å². The molecule has 0 saturated heterocycles. The number of rotatable bonds is 5. The van der Waals surface area contributed by atoms with E-state index in [4.69, 9.17) is 11.6 Å². The van der Waals surface area contributed by atoms with Crippen LogP contribution < -0.4 is 5.32 Å². The van der Waals surface area contributed by atoms with Crippen molar-refractivity contribution in [1.29, 1.82) is 0 Å². The van der Waals surface area contributed by atoms with Gasteiger partial charge >= 0.3 is 0 Å². The number of halogens is 1. The first kappa shape index (κ1) is 16.8. The minimum absolute atomic E-state index is 0.746. The van der Waals surface area contributed by atoms with E-state index in [2.05, 4.69) is 31.6 Å². The molecule has 0 spiro atoms. The number of guanidine groups is 1. The minimum Gasteiger partial charge on any atom is -0.356 e. The summed E-state index contributed by atoms with van der Waals surface area (Å²) >= 11 is 7.84. The van der Waals surface area contributed by atoms with E-state index in [0.717, 1.165) is 46.8 Å². The zero-order valence-corrected chi connectivity index (χ0v) is 14.7. The predicted octanol–water partition coefficient (Wildman–Crippen LogP) is 3.35. The van der Waals surface area contributed by atoms with E-state index in [0.29, 0.717) is 0 Å². The Hall–Kier alpha value is -1.59. The molecule has 22 heavy (non-hydrogen) atoms. The van der Waals surface area contributed by atoms with Crippen LogP contribution in [-0.4, -0.2) is 36.5 Å². The van der Waals surface area contributed by atoms with Crippen molar-refractivity contribution in [3.05, 3.63) is 50.9 Å². The predicted molar refractivity (Wildman–Crippen MR) is 94.8 cm³/mol. The fraction of sp³-hybridized carbons (Fsp3) is 0.375. The first-order valence-electron chi connectivity index (χ1n) is 7.16. The Morgan fingerprint density at radius 1 is 1.41 bits per heavy atom. The Morgan fingerprint density at radius 2 is 2.18 bits per heavy atom. The smallest absolute Gasteiger partial charge is 0.193 e. The number of aromatic nitrogens is 1. The molecule has 0 aliphatic rings. The number of nitrogens with zero attached hydrogens (tertiary/aromatic N) is 3. The van der Waals surface area contributed by atoms with Gasteiger partial charge in [-0.25, -0.2) is 4.98 Å².